The van der Waals surface area contributed by atoms with Gasteiger partial charge in [-0.15, -0.1) is 0 Å². The third-order valence-corrected chi connectivity index (χ3v) is 5.12. The molecular weight excluding hydrogens is 290 g/mol. The number of H-pyrrole nitrogens is 1. The molecule has 0 aliphatic heterocycles. The number of aromatic nitrogens is 2. The lowest BCUT2D eigenvalue weighted by Crippen LogP contribution is -2.48. The van der Waals surface area contributed by atoms with Crippen molar-refractivity contribution in [2.24, 2.45) is 0 Å². The number of nitrogens with one attached hydrogen (secondary N) is 3. The monoisotopic (exact) mass is 317 g/mol. The summed E-state index contributed by atoms with van der Waals surface area (Å²) in [5.41, 5.74) is 1.18. The fraction of sp³-hybridized carbons (Fsp3) is 0.769. The minimum atomic E-state index is -3.63. The van der Waals surface area contributed by atoms with E-state index in [1.807, 2.05) is 46.7 Å². The Bertz CT molecular complexity index is 563. The normalized spacial score (nSPS) is 13.1. The van der Waals surface area contributed by atoms with E-state index in [9.17, 15) is 8.42 Å². The maximum absolute atomic E-state index is 12.5. The Hall–Kier alpha value is -0.960. The molecule has 1 rings (SSSR count). The van der Waals surface area contributed by atoms with Gasteiger partial charge in [-0.3, -0.25) is 5.10 Å². The smallest absolute Gasteiger partial charge is 0.260 e. The summed E-state index contributed by atoms with van der Waals surface area (Å²) < 4.78 is 27.6. The summed E-state index contributed by atoms with van der Waals surface area (Å²) in [5, 5.41) is 9.92. The maximum Gasteiger partial charge on any atom is 0.260 e. The number of nitrogens with zero attached hydrogens (tertiary/aromatic N) is 2. The van der Waals surface area contributed by atoms with Gasteiger partial charge in [0.15, 0.2) is 5.03 Å². The van der Waals surface area contributed by atoms with Crippen molar-refractivity contribution in [3.63, 3.8) is 0 Å². The van der Waals surface area contributed by atoms with Crippen LogP contribution in [0, 0.1) is 6.92 Å². The van der Waals surface area contributed by atoms with Crippen LogP contribution >= 0.6 is 0 Å². The van der Waals surface area contributed by atoms with Crippen LogP contribution in [0.2, 0.25) is 0 Å². The van der Waals surface area contributed by atoms with Crippen LogP contribution in [0.4, 0.5) is 0 Å². The molecule has 0 bridgehead atoms. The molecule has 3 N–H and O–H groups in total. The molecule has 1 aromatic heterocycles. The minimum absolute atomic E-state index is 0.0792. The molecular formula is C13H27N5O2S. The van der Waals surface area contributed by atoms with Crippen molar-refractivity contribution in [3.05, 3.63) is 11.3 Å². The van der Waals surface area contributed by atoms with Crippen molar-refractivity contribution in [3.8, 4) is 0 Å². The molecule has 7 nitrogen and oxygen atoms in total. The number of hydrogen-bond acceptors (Lipinski definition) is 5. The highest BCUT2D eigenvalue weighted by Gasteiger charge is 2.27. The average molecular weight is 317 g/mol. The summed E-state index contributed by atoms with van der Waals surface area (Å²) in [7, 11) is 0.214. The molecule has 0 saturated carbocycles. The second-order valence-electron chi connectivity index (χ2n) is 5.94. The Morgan fingerprint density at radius 3 is 2.48 bits per heavy atom. The Labute approximate surface area is 127 Å². The lowest BCUT2D eigenvalue weighted by molar-refractivity contribution is 0.199. The van der Waals surface area contributed by atoms with Crippen molar-refractivity contribution in [1.29, 1.82) is 0 Å². The van der Waals surface area contributed by atoms with Crippen molar-refractivity contribution < 1.29 is 8.42 Å². The zero-order chi connectivity index (χ0) is 16.3. The number of likely N-dealkylation sites (N-methyl/N-ethyl adjacent to an activating group) is 1. The van der Waals surface area contributed by atoms with Crippen molar-refractivity contribution in [2.75, 3.05) is 27.2 Å². The topological polar surface area (TPSA) is 90.1 Å². The van der Waals surface area contributed by atoms with E-state index in [1.54, 1.807) is 0 Å². The summed E-state index contributed by atoms with van der Waals surface area (Å²) in [6, 6.07) is 0. The van der Waals surface area contributed by atoms with E-state index in [2.05, 4.69) is 20.2 Å². The second kappa shape index (κ2) is 6.87. The fourth-order valence-corrected chi connectivity index (χ4v) is 3.00. The van der Waals surface area contributed by atoms with Gasteiger partial charge in [-0.1, -0.05) is 6.92 Å². The quantitative estimate of drug-likeness (QED) is 0.647. The highest BCUT2D eigenvalue weighted by Crippen LogP contribution is 2.17. The number of rotatable bonds is 8. The van der Waals surface area contributed by atoms with E-state index >= 15 is 0 Å². The maximum atomic E-state index is 12.5. The van der Waals surface area contributed by atoms with Gasteiger partial charge in [-0.05, 0) is 41.4 Å². The largest absolute Gasteiger partial charge is 0.313 e. The van der Waals surface area contributed by atoms with E-state index in [4.69, 9.17) is 0 Å². The Balaban J connectivity index is 2.93. The van der Waals surface area contributed by atoms with Crippen LogP contribution < -0.4 is 10.0 Å². The lowest BCUT2D eigenvalue weighted by atomic mass is 10.1. The predicted octanol–water partition coefficient (Wildman–Crippen LogP) is 0.446. The van der Waals surface area contributed by atoms with E-state index in [0.717, 1.165) is 12.2 Å². The number of sulfonamides is 1. The van der Waals surface area contributed by atoms with Crippen molar-refractivity contribution >= 4 is 10.0 Å². The van der Waals surface area contributed by atoms with Crippen LogP contribution in [-0.2, 0) is 16.6 Å². The number of aromatic amines is 1. The molecule has 1 heterocycles. The average Bonchev–Trinajstić information content (AvgIpc) is 2.76. The lowest BCUT2D eigenvalue weighted by Gasteiger charge is -2.32. The summed E-state index contributed by atoms with van der Waals surface area (Å²) in [6.07, 6.45) is 0. The minimum Gasteiger partial charge on any atom is -0.313 e. The zero-order valence-electron chi connectivity index (χ0n) is 13.7. The molecule has 1 aromatic rings. The molecule has 0 aliphatic rings. The fourth-order valence-electron chi connectivity index (χ4n) is 1.61. The van der Waals surface area contributed by atoms with E-state index in [1.165, 1.54) is 0 Å². The SMILES string of the molecule is CCNCc1c(S(=O)(=O)NCC(C)(C)N(C)C)n[nH]c1C. The molecule has 0 spiro atoms. The predicted molar refractivity (Wildman–Crippen MR) is 83.7 cm³/mol. The molecule has 0 amide bonds. The molecule has 0 aromatic carbocycles. The van der Waals surface area contributed by atoms with Crippen LogP contribution in [0.25, 0.3) is 0 Å². The summed E-state index contributed by atoms with van der Waals surface area (Å²) in [4.78, 5) is 1.98. The van der Waals surface area contributed by atoms with Gasteiger partial charge in [0.25, 0.3) is 10.0 Å². The van der Waals surface area contributed by atoms with Crippen molar-refractivity contribution in [2.45, 2.75) is 44.8 Å². The molecule has 0 radical (unpaired) electrons. The highest BCUT2D eigenvalue weighted by molar-refractivity contribution is 7.89. The number of hydrogen-bond donors (Lipinski definition) is 3. The van der Waals surface area contributed by atoms with Gasteiger partial charge in [0.05, 0.1) is 0 Å². The first kappa shape index (κ1) is 18.1. The van der Waals surface area contributed by atoms with Crippen LogP contribution in [0.5, 0.6) is 0 Å². The third-order valence-electron chi connectivity index (χ3n) is 3.75. The van der Waals surface area contributed by atoms with Crippen LogP contribution in [0.1, 0.15) is 32.0 Å². The summed E-state index contributed by atoms with van der Waals surface area (Å²) >= 11 is 0. The second-order valence-corrected chi connectivity index (χ2v) is 7.63. The third kappa shape index (κ3) is 4.50. The van der Waals surface area contributed by atoms with E-state index in [-0.39, 0.29) is 10.6 Å². The molecule has 0 saturated heterocycles. The first-order chi connectivity index (χ1) is 9.62. The molecule has 122 valence electrons. The summed E-state index contributed by atoms with van der Waals surface area (Å²) in [6.45, 7) is 9.31. The van der Waals surface area contributed by atoms with Crippen molar-refractivity contribution in [1.82, 2.24) is 25.1 Å². The van der Waals surface area contributed by atoms with Gasteiger partial charge in [-0.2, -0.15) is 5.10 Å². The molecule has 0 fully saturated rings. The van der Waals surface area contributed by atoms with Crippen LogP contribution in [0.15, 0.2) is 5.03 Å². The Morgan fingerprint density at radius 1 is 1.33 bits per heavy atom. The van der Waals surface area contributed by atoms with E-state index < -0.39 is 10.0 Å². The van der Waals surface area contributed by atoms with Gasteiger partial charge < -0.3 is 10.2 Å². The molecule has 21 heavy (non-hydrogen) atoms. The molecule has 0 unspecified atom stereocenters. The van der Waals surface area contributed by atoms with Gasteiger partial charge in [0.2, 0.25) is 0 Å². The van der Waals surface area contributed by atoms with Crippen LogP contribution in [0.3, 0.4) is 0 Å². The van der Waals surface area contributed by atoms with Gasteiger partial charge in [0.1, 0.15) is 0 Å². The molecule has 8 heteroatoms. The van der Waals surface area contributed by atoms with Crippen LogP contribution in [-0.4, -0.2) is 56.2 Å². The zero-order valence-corrected chi connectivity index (χ0v) is 14.6. The highest BCUT2D eigenvalue weighted by atomic mass is 32.2. The Kier molecular flexibility index (Phi) is 5.92. The molecule has 0 atom stereocenters. The van der Waals surface area contributed by atoms with Gasteiger partial charge in [-0.25, -0.2) is 13.1 Å². The first-order valence-electron chi connectivity index (χ1n) is 7.03. The van der Waals surface area contributed by atoms with Gasteiger partial charge >= 0.3 is 0 Å². The number of aryl methyl sites for hydroxylation is 1. The molecule has 0 aliphatic carbocycles. The van der Waals surface area contributed by atoms with E-state index in [0.29, 0.717) is 18.7 Å². The first-order valence-corrected chi connectivity index (χ1v) is 8.51. The van der Waals surface area contributed by atoms with Gasteiger partial charge in [0, 0.05) is 29.9 Å². The Morgan fingerprint density at radius 2 is 1.95 bits per heavy atom. The summed E-state index contributed by atoms with van der Waals surface area (Å²) in [5.74, 6) is 0. The standard InChI is InChI=1S/C13H27N5O2S/c1-7-14-8-11-10(2)16-17-12(11)21(19,20)15-9-13(3,4)18(5)6/h14-15H,7-9H2,1-6H3,(H,16,17).